The van der Waals surface area contributed by atoms with Gasteiger partial charge in [0.05, 0.1) is 23.5 Å². The number of amides is 1. The number of nitrogens with zero attached hydrogens (tertiary/aromatic N) is 3. The molecule has 0 spiro atoms. The van der Waals surface area contributed by atoms with E-state index in [9.17, 15) is 9.90 Å². The summed E-state index contributed by atoms with van der Waals surface area (Å²) in [6, 6.07) is 10.9. The van der Waals surface area contributed by atoms with E-state index in [2.05, 4.69) is 31.5 Å². The molecule has 0 unspecified atom stereocenters. The summed E-state index contributed by atoms with van der Waals surface area (Å²) in [6.45, 7) is 5.34. The zero-order valence-electron chi connectivity index (χ0n) is 16.9. The number of carbonyl (C=O) groups is 1. The van der Waals surface area contributed by atoms with Gasteiger partial charge in [-0.1, -0.05) is 19.1 Å². The molecule has 0 radical (unpaired) electrons. The summed E-state index contributed by atoms with van der Waals surface area (Å²) in [7, 11) is 0. The summed E-state index contributed by atoms with van der Waals surface area (Å²) in [5, 5.41) is 17.1. The molecule has 1 fully saturated rings. The SMILES string of the molecule is CC[C@@H](Nc1nsnc1Nc1cc#cc(C(=O)N2CCCC2)c1O)c1ccc(C)o1. The van der Waals surface area contributed by atoms with Crippen molar-refractivity contribution in [1.82, 2.24) is 13.6 Å². The Morgan fingerprint density at radius 2 is 2.10 bits per heavy atom. The van der Waals surface area contributed by atoms with Crippen LogP contribution in [0.25, 0.3) is 0 Å². The zero-order valence-corrected chi connectivity index (χ0v) is 17.7. The number of hydrogen-bond donors (Lipinski definition) is 3. The lowest BCUT2D eigenvalue weighted by molar-refractivity contribution is 0.0790. The number of aromatic nitrogens is 2. The molecule has 1 aliphatic rings. The Morgan fingerprint density at radius 3 is 2.80 bits per heavy atom. The number of rotatable bonds is 7. The van der Waals surface area contributed by atoms with E-state index in [0.29, 0.717) is 30.4 Å². The molecule has 1 aromatic carbocycles. The second kappa shape index (κ2) is 8.63. The fourth-order valence-electron chi connectivity index (χ4n) is 3.44. The van der Waals surface area contributed by atoms with Crippen molar-refractivity contribution in [3.8, 4) is 5.75 Å². The van der Waals surface area contributed by atoms with E-state index in [4.69, 9.17) is 4.42 Å². The second-order valence-corrected chi connectivity index (χ2v) is 7.72. The van der Waals surface area contributed by atoms with Crippen LogP contribution in [0.5, 0.6) is 5.75 Å². The first-order valence-corrected chi connectivity index (χ1v) is 10.7. The summed E-state index contributed by atoms with van der Waals surface area (Å²) < 4.78 is 14.3. The lowest BCUT2D eigenvalue weighted by atomic mass is 10.1. The molecular weight excluding hydrogens is 402 g/mol. The number of anilines is 3. The quantitative estimate of drug-likeness (QED) is 0.519. The minimum atomic E-state index is -0.237. The highest BCUT2D eigenvalue weighted by Crippen LogP contribution is 2.33. The molecule has 3 aromatic rings. The van der Waals surface area contributed by atoms with Crippen LogP contribution in [-0.4, -0.2) is 37.8 Å². The van der Waals surface area contributed by atoms with Gasteiger partial charge >= 0.3 is 0 Å². The maximum Gasteiger partial charge on any atom is 0.266 e. The van der Waals surface area contributed by atoms with Gasteiger partial charge < -0.3 is 25.1 Å². The van der Waals surface area contributed by atoms with Crippen molar-refractivity contribution in [1.29, 1.82) is 0 Å². The number of furan rings is 1. The maximum absolute atomic E-state index is 12.7. The van der Waals surface area contributed by atoms with Gasteiger partial charge in [0, 0.05) is 19.2 Å². The molecule has 3 N–H and O–H groups in total. The molecule has 0 aliphatic carbocycles. The van der Waals surface area contributed by atoms with E-state index in [1.807, 2.05) is 26.0 Å². The first-order chi connectivity index (χ1) is 14.6. The van der Waals surface area contributed by atoms with Gasteiger partial charge in [-0.25, -0.2) is 0 Å². The average Bonchev–Trinajstić information content (AvgIpc) is 3.50. The van der Waals surface area contributed by atoms with E-state index < -0.39 is 0 Å². The van der Waals surface area contributed by atoms with Crippen molar-refractivity contribution in [3.05, 3.63) is 47.4 Å². The number of aromatic hydroxyl groups is 1. The van der Waals surface area contributed by atoms with E-state index in [-0.39, 0.29) is 23.3 Å². The van der Waals surface area contributed by atoms with Crippen molar-refractivity contribution >= 4 is 35.0 Å². The van der Waals surface area contributed by atoms with Gasteiger partial charge in [0.25, 0.3) is 5.91 Å². The highest BCUT2D eigenvalue weighted by Gasteiger charge is 2.24. The molecule has 4 rings (SSSR count). The third-order valence-corrected chi connectivity index (χ3v) is 5.61. The highest BCUT2D eigenvalue weighted by molar-refractivity contribution is 6.99. The van der Waals surface area contributed by atoms with Crippen LogP contribution >= 0.6 is 11.7 Å². The van der Waals surface area contributed by atoms with Crippen molar-refractivity contribution < 1.29 is 14.3 Å². The van der Waals surface area contributed by atoms with Crippen LogP contribution in [0.2, 0.25) is 0 Å². The van der Waals surface area contributed by atoms with Gasteiger partial charge in [-0.3, -0.25) is 4.79 Å². The fraction of sp³-hybridized carbons (Fsp3) is 0.381. The number of aryl methyl sites for hydroxylation is 1. The van der Waals surface area contributed by atoms with Gasteiger partial charge in [0.2, 0.25) is 0 Å². The third-order valence-electron chi connectivity index (χ3n) is 5.08. The Kier molecular flexibility index (Phi) is 5.77. The van der Waals surface area contributed by atoms with Crippen LogP contribution < -0.4 is 10.6 Å². The van der Waals surface area contributed by atoms with Crippen LogP contribution in [0.3, 0.4) is 0 Å². The normalized spacial score (nSPS) is 14.4. The lowest BCUT2D eigenvalue weighted by Crippen LogP contribution is -2.27. The second-order valence-electron chi connectivity index (χ2n) is 7.19. The van der Waals surface area contributed by atoms with Gasteiger partial charge in [-0.15, -0.1) is 0 Å². The topological polar surface area (TPSA) is 104 Å². The maximum atomic E-state index is 12.7. The minimum Gasteiger partial charge on any atom is -0.504 e. The van der Waals surface area contributed by atoms with Gasteiger partial charge in [0.1, 0.15) is 17.1 Å². The van der Waals surface area contributed by atoms with Crippen molar-refractivity contribution in [2.75, 3.05) is 23.7 Å². The summed E-state index contributed by atoms with van der Waals surface area (Å²) in [5.74, 6) is 2.25. The van der Waals surface area contributed by atoms with E-state index in [1.54, 1.807) is 4.90 Å². The number of hydrogen-bond acceptors (Lipinski definition) is 8. The molecule has 30 heavy (non-hydrogen) atoms. The Morgan fingerprint density at radius 1 is 1.33 bits per heavy atom. The predicted molar refractivity (Wildman–Crippen MR) is 114 cm³/mol. The van der Waals surface area contributed by atoms with E-state index >= 15 is 0 Å². The van der Waals surface area contributed by atoms with Crippen LogP contribution in [0.1, 0.15) is 54.1 Å². The van der Waals surface area contributed by atoms with Crippen molar-refractivity contribution in [2.45, 2.75) is 39.2 Å². The molecule has 1 aliphatic heterocycles. The summed E-state index contributed by atoms with van der Waals surface area (Å²) in [5.41, 5.74) is 0.436. The summed E-state index contributed by atoms with van der Waals surface area (Å²) in [6.07, 6.45) is 2.74. The van der Waals surface area contributed by atoms with Gasteiger partial charge in [-0.2, -0.15) is 8.75 Å². The Hall–Kier alpha value is -3.25. The van der Waals surface area contributed by atoms with Crippen molar-refractivity contribution in [2.24, 2.45) is 0 Å². The fourth-order valence-corrected chi connectivity index (χ4v) is 3.92. The Balaban J connectivity index is 1.54. The number of likely N-dealkylation sites (tertiary alicyclic amines) is 1. The largest absolute Gasteiger partial charge is 0.504 e. The molecule has 1 amide bonds. The Labute approximate surface area is 179 Å². The van der Waals surface area contributed by atoms with Crippen LogP contribution in [-0.2, 0) is 0 Å². The number of carbonyl (C=O) groups excluding carboxylic acids is 1. The lowest BCUT2D eigenvalue weighted by Gasteiger charge is -2.17. The molecule has 8 nitrogen and oxygen atoms in total. The van der Waals surface area contributed by atoms with Gasteiger partial charge in [0.15, 0.2) is 17.4 Å². The molecule has 156 valence electrons. The standard InChI is InChI=1S/C21H23N5O3S/c1-3-15(17-10-9-13(2)29-17)22-19-20(25-30-24-19)23-16-8-6-7-14(18(16)27)21(28)26-11-4-5-12-26/h8-10,15,27H,3-5,11-12H2,1-2H3,(H,22,24)(H,23,25)/t15-/m1/s1. The molecule has 1 saturated heterocycles. The van der Waals surface area contributed by atoms with Crippen LogP contribution in [0, 0.1) is 19.1 Å². The van der Waals surface area contributed by atoms with Gasteiger partial charge in [-0.05, 0) is 38.3 Å². The van der Waals surface area contributed by atoms with E-state index in [1.165, 1.54) is 6.07 Å². The average molecular weight is 426 g/mol. The highest BCUT2D eigenvalue weighted by atomic mass is 32.1. The molecule has 0 saturated carbocycles. The first kappa shape index (κ1) is 20.0. The third kappa shape index (κ3) is 4.04. The molecular formula is C21H23N5O3S. The van der Waals surface area contributed by atoms with Crippen LogP contribution in [0.4, 0.5) is 17.3 Å². The number of nitrogens with one attached hydrogen (secondary N) is 2. The first-order valence-electron chi connectivity index (χ1n) is 9.94. The molecule has 3 heterocycles. The van der Waals surface area contributed by atoms with E-state index in [0.717, 1.165) is 42.5 Å². The summed E-state index contributed by atoms with van der Waals surface area (Å²) in [4.78, 5) is 14.4. The van der Waals surface area contributed by atoms with Crippen molar-refractivity contribution in [3.63, 3.8) is 0 Å². The smallest absolute Gasteiger partial charge is 0.266 e. The molecule has 9 heteroatoms. The molecule has 1 atom stereocenters. The zero-order chi connectivity index (χ0) is 21.1. The Bertz CT molecular complexity index is 1030. The molecule has 0 bridgehead atoms. The minimum absolute atomic E-state index is 0.0697. The predicted octanol–water partition coefficient (Wildman–Crippen LogP) is 4.29. The summed E-state index contributed by atoms with van der Waals surface area (Å²) >= 11 is 1.04. The monoisotopic (exact) mass is 425 g/mol. The van der Waals surface area contributed by atoms with Crippen LogP contribution in [0.15, 0.2) is 22.6 Å². The molecule has 2 aromatic heterocycles.